The molecular formula is C14H17ClN2O2. The van der Waals surface area contributed by atoms with Gasteiger partial charge in [0.15, 0.2) is 0 Å². The molecule has 0 saturated heterocycles. The van der Waals surface area contributed by atoms with Crippen molar-refractivity contribution in [3.63, 3.8) is 0 Å². The van der Waals surface area contributed by atoms with E-state index in [0.29, 0.717) is 17.4 Å². The standard InChI is InChI=1S/C14H17ClN2O2/c1-8(16)11-4-5-14(13(15)6-11)18-7-12-9(2)17-19-10(12)3/h4-6,8H,7,16H2,1-3H3/t8-/m1/s1. The van der Waals surface area contributed by atoms with E-state index in [1.807, 2.05) is 39.0 Å². The number of rotatable bonds is 4. The van der Waals surface area contributed by atoms with Crippen LogP contribution in [0.15, 0.2) is 22.7 Å². The first-order chi connectivity index (χ1) is 8.99. The summed E-state index contributed by atoms with van der Waals surface area (Å²) in [6, 6.07) is 5.53. The summed E-state index contributed by atoms with van der Waals surface area (Å²) < 4.78 is 10.8. The van der Waals surface area contributed by atoms with E-state index in [1.54, 1.807) is 0 Å². The molecule has 0 bridgehead atoms. The summed E-state index contributed by atoms with van der Waals surface area (Å²) in [5, 5.41) is 4.44. The van der Waals surface area contributed by atoms with E-state index in [0.717, 1.165) is 22.6 Å². The number of benzene rings is 1. The first-order valence-corrected chi connectivity index (χ1v) is 6.46. The smallest absolute Gasteiger partial charge is 0.140 e. The highest BCUT2D eigenvalue weighted by Crippen LogP contribution is 2.28. The zero-order valence-corrected chi connectivity index (χ0v) is 12.0. The van der Waals surface area contributed by atoms with Crippen LogP contribution < -0.4 is 10.5 Å². The van der Waals surface area contributed by atoms with Gasteiger partial charge in [0.25, 0.3) is 0 Å². The van der Waals surface area contributed by atoms with Gasteiger partial charge in [-0.2, -0.15) is 0 Å². The van der Waals surface area contributed by atoms with Gasteiger partial charge in [0, 0.05) is 6.04 Å². The number of halogens is 1. The van der Waals surface area contributed by atoms with Gasteiger partial charge in [-0.05, 0) is 38.5 Å². The zero-order valence-electron chi connectivity index (χ0n) is 11.2. The normalized spacial score (nSPS) is 12.5. The summed E-state index contributed by atoms with van der Waals surface area (Å²) in [5.74, 6) is 1.40. The number of hydrogen-bond donors (Lipinski definition) is 1. The summed E-state index contributed by atoms with van der Waals surface area (Å²) >= 11 is 6.17. The van der Waals surface area contributed by atoms with Crippen LogP contribution in [0.2, 0.25) is 5.02 Å². The molecule has 2 rings (SSSR count). The minimum absolute atomic E-state index is 0.0471. The van der Waals surface area contributed by atoms with E-state index in [2.05, 4.69) is 5.16 Å². The average Bonchev–Trinajstić information content (AvgIpc) is 2.68. The average molecular weight is 281 g/mol. The molecule has 2 N–H and O–H groups in total. The van der Waals surface area contributed by atoms with Crippen LogP contribution in [0, 0.1) is 13.8 Å². The Bertz CT molecular complexity index is 559. The molecule has 4 nitrogen and oxygen atoms in total. The van der Waals surface area contributed by atoms with Gasteiger partial charge in [-0.3, -0.25) is 0 Å². The Morgan fingerprint density at radius 2 is 2.16 bits per heavy atom. The molecule has 102 valence electrons. The van der Waals surface area contributed by atoms with Crippen molar-refractivity contribution in [2.45, 2.75) is 33.4 Å². The molecule has 0 aliphatic carbocycles. The summed E-state index contributed by atoms with van der Waals surface area (Å²) in [6.07, 6.45) is 0. The van der Waals surface area contributed by atoms with E-state index >= 15 is 0 Å². The lowest BCUT2D eigenvalue weighted by Crippen LogP contribution is -2.05. The van der Waals surface area contributed by atoms with Gasteiger partial charge in [-0.1, -0.05) is 22.8 Å². The Morgan fingerprint density at radius 3 is 2.68 bits per heavy atom. The number of nitrogens with zero attached hydrogens (tertiary/aromatic N) is 1. The molecule has 0 unspecified atom stereocenters. The van der Waals surface area contributed by atoms with Crippen LogP contribution in [0.1, 0.15) is 35.5 Å². The van der Waals surface area contributed by atoms with Crippen LogP contribution >= 0.6 is 11.6 Å². The molecule has 1 atom stereocenters. The second-order valence-electron chi connectivity index (χ2n) is 4.57. The van der Waals surface area contributed by atoms with E-state index in [9.17, 15) is 0 Å². The summed E-state index contributed by atoms with van der Waals surface area (Å²) in [4.78, 5) is 0. The third-order valence-electron chi connectivity index (χ3n) is 3.03. The fourth-order valence-corrected chi connectivity index (χ4v) is 2.02. The van der Waals surface area contributed by atoms with Gasteiger partial charge in [-0.15, -0.1) is 0 Å². The van der Waals surface area contributed by atoms with Gasteiger partial charge in [0.1, 0.15) is 18.1 Å². The Morgan fingerprint density at radius 1 is 1.42 bits per heavy atom. The monoisotopic (exact) mass is 280 g/mol. The molecule has 0 amide bonds. The molecule has 0 radical (unpaired) electrons. The number of aryl methyl sites for hydroxylation is 2. The molecule has 5 heteroatoms. The van der Waals surface area contributed by atoms with Crippen LogP contribution in [0.5, 0.6) is 5.75 Å². The van der Waals surface area contributed by atoms with Crippen molar-refractivity contribution in [2.24, 2.45) is 5.73 Å². The predicted molar refractivity (Wildman–Crippen MR) is 74.4 cm³/mol. The van der Waals surface area contributed by atoms with E-state index in [4.69, 9.17) is 26.6 Å². The molecule has 2 aromatic rings. The molecule has 1 aromatic heterocycles. The molecule has 0 saturated carbocycles. The third kappa shape index (κ3) is 3.08. The SMILES string of the molecule is Cc1noc(C)c1COc1ccc([C@@H](C)N)cc1Cl. The maximum Gasteiger partial charge on any atom is 0.140 e. The molecule has 19 heavy (non-hydrogen) atoms. The highest BCUT2D eigenvalue weighted by molar-refractivity contribution is 6.32. The molecule has 0 spiro atoms. The van der Waals surface area contributed by atoms with Crippen LogP contribution in [0.3, 0.4) is 0 Å². The van der Waals surface area contributed by atoms with Gasteiger partial charge in [-0.25, -0.2) is 0 Å². The van der Waals surface area contributed by atoms with Crippen LogP contribution in [-0.2, 0) is 6.61 Å². The van der Waals surface area contributed by atoms with Gasteiger partial charge in [0.2, 0.25) is 0 Å². The summed E-state index contributed by atoms with van der Waals surface area (Å²) in [7, 11) is 0. The third-order valence-corrected chi connectivity index (χ3v) is 3.33. The van der Waals surface area contributed by atoms with Gasteiger partial charge >= 0.3 is 0 Å². The number of ether oxygens (including phenoxy) is 1. The largest absolute Gasteiger partial charge is 0.487 e. The minimum atomic E-state index is -0.0471. The van der Waals surface area contributed by atoms with Crippen molar-refractivity contribution in [3.8, 4) is 5.75 Å². The fourth-order valence-electron chi connectivity index (χ4n) is 1.78. The lowest BCUT2D eigenvalue weighted by molar-refractivity contribution is 0.302. The highest BCUT2D eigenvalue weighted by Gasteiger charge is 2.11. The molecule has 0 fully saturated rings. The van der Waals surface area contributed by atoms with E-state index in [-0.39, 0.29) is 6.04 Å². The van der Waals surface area contributed by atoms with Crippen molar-refractivity contribution in [2.75, 3.05) is 0 Å². The number of nitrogens with two attached hydrogens (primary N) is 1. The van der Waals surface area contributed by atoms with Crippen molar-refractivity contribution < 1.29 is 9.26 Å². The van der Waals surface area contributed by atoms with Crippen LogP contribution in [0.25, 0.3) is 0 Å². The molecule has 0 aliphatic rings. The van der Waals surface area contributed by atoms with E-state index in [1.165, 1.54) is 0 Å². The second-order valence-corrected chi connectivity index (χ2v) is 4.98. The highest BCUT2D eigenvalue weighted by atomic mass is 35.5. The van der Waals surface area contributed by atoms with Crippen molar-refractivity contribution >= 4 is 11.6 Å². The fraction of sp³-hybridized carbons (Fsp3) is 0.357. The Balaban J connectivity index is 2.12. The molecular weight excluding hydrogens is 264 g/mol. The first-order valence-electron chi connectivity index (χ1n) is 6.08. The topological polar surface area (TPSA) is 61.3 Å². The lowest BCUT2D eigenvalue weighted by Gasteiger charge is -2.11. The molecule has 0 aliphatic heterocycles. The Kier molecular flexibility index (Phi) is 4.12. The summed E-state index contributed by atoms with van der Waals surface area (Å²) in [5.41, 5.74) is 8.57. The van der Waals surface area contributed by atoms with E-state index < -0.39 is 0 Å². The van der Waals surface area contributed by atoms with Crippen LogP contribution in [-0.4, -0.2) is 5.16 Å². The summed E-state index contributed by atoms with van der Waals surface area (Å²) in [6.45, 7) is 6.05. The number of aromatic nitrogens is 1. The lowest BCUT2D eigenvalue weighted by atomic mass is 10.1. The Hall–Kier alpha value is -1.52. The van der Waals surface area contributed by atoms with Gasteiger partial charge in [0.05, 0.1) is 16.3 Å². The quantitative estimate of drug-likeness (QED) is 0.930. The minimum Gasteiger partial charge on any atom is -0.487 e. The number of hydrogen-bond acceptors (Lipinski definition) is 4. The maximum atomic E-state index is 6.17. The molecule has 1 aromatic carbocycles. The first kappa shape index (κ1) is 13.9. The predicted octanol–water partition coefficient (Wildman–Crippen LogP) is 3.54. The van der Waals surface area contributed by atoms with Gasteiger partial charge < -0.3 is 15.0 Å². The Labute approximate surface area is 117 Å². The zero-order chi connectivity index (χ0) is 14.0. The van der Waals surface area contributed by atoms with Crippen LogP contribution in [0.4, 0.5) is 0 Å². The maximum absolute atomic E-state index is 6.17. The van der Waals surface area contributed by atoms with Crippen molar-refractivity contribution in [1.29, 1.82) is 0 Å². The van der Waals surface area contributed by atoms with Crippen molar-refractivity contribution in [1.82, 2.24) is 5.16 Å². The molecule has 1 heterocycles. The second kappa shape index (κ2) is 5.63. The van der Waals surface area contributed by atoms with Crippen molar-refractivity contribution in [3.05, 3.63) is 45.8 Å².